The molecule has 7 nitrogen and oxygen atoms in total. The van der Waals surface area contributed by atoms with Crippen LogP contribution in [0.5, 0.6) is 0 Å². The number of hydrogen-bond donors (Lipinski definition) is 2. The first-order chi connectivity index (χ1) is 14.0. The number of esters is 1. The Balaban J connectivity index is 3.82. The molecular formula is C22H39NO6. The lowest BCUT2D eigenvalue weighted by Crippen LogP contribution is -2.36. The molecule has 7 heteroatoms. The van der Waals surface area contributed by atoms with Crippen molar-refractivity contribution in [3.05, 3.63) is 12.2 Å². The molecule has 0 aliphatic carbocycles. The van der Waals surface area contributed by atoms with Crippen LogP contribution in [0.3, 0.4) is 0 Å². The molecule has 29 heavy (non-hydrogen) atoms. The van der Waals surface area contributed by atoms with E-state index in [4.69, 9.17) is 14.9 Å². The Kier molecular flexibility index (Phi) is 18.2. The summed E-state index contributed by atoms with van der Waals surface area (Å²) in [6.07, 6.45) is 15.3. The summed E-state index contributed by atoms with van der Waals surface area (Å²) in [5, 5.41) is 17.6. The number of hydrogen-bond acceptors (Lipinski definition) is 5. The molecule has 0 spiro atoms. The minimum atomic E-state index is -1.23. The molecule has 0 atom stereocenters. The highest BCUT2D eigenvalue weighted by atomic mass is 16.5. The summed E-state index contributed by atoms with van der Waals surface area (Å²) in [6, 6.07) is 0. The molecular weight excluding hydrogens is 374 g/mol. The van der Waals surface area contributed by atoms with E-state index in [1.165, 1.54) is 56.3 Å². The predicted molar refractivity (Wildman–Crippen MR) is 112 cm³/mol. The standard InChI is InChI=1S/C22H39NO6/c1-2-3-4-5-6-7-8-9-10-11-12-13-20(25)23(16-18-24)17-19-29-22(28)15-14-21(26)27/h14-15,24H,2-13,16-19H2,1H3,(H,26,27)/b15-14+. The average Bonchev–Trinajstić information content (AvgIpc) is 2.69. The highest BCUT2D eigenvalue weighted by Gasteiger charge is 2.13. The van der Waals surface area contributed by atoms with Gasteiger partial charge in [-0.05, 0) is 6.42 Å². The first-order valence-corrected chi connectivity index (χ1v) is 11.0. The maximum atomic E-state index is 12.3. The molecule has 1 amide bonds. The van der Waals surface area contributed by atoms with E-state index in [0.717, 1.165) is 25.3 Å². The van der Waals surface area contributed by atoms with Crippen molar-refractivity contribution in [1.82, 2.24) is 4.90 Å². The maximum absolute atomic E-state index is 12.3. The molecule has 0 aromatic carbocycles. The largest absolute Gasteiger partial charge is 0.478 e. The summed E-state index contributed by atoms with van der Waals surface area (Å²) in [5.41, 5.74) is 0. The second-order valence-electron chi connectivity index (χ2n) is 7.23. The number of carboxylic acid groups (broad SMARTS) is 1. The van der Waals surface area contributed by atoms with Crippen LogP contribution in [-0.4, -0.2) is 59.3 Å². The number of aliphatic hydroxyl groups is 1. The van der Waals surface area contributed by atoms with Crippen molar-refractivity contribution in [2.75, 3.05) is 26.3 Å². The Bertz CT molecular complexity index is 478. The molecule has 0 fully saturated rings. The number of nitrogens with zero attached hydrogens (tertiary/aromatic N) is 1. The summed E-state index contributed by atoms with van der Waals surface area (Å²) in [7, 11) is 0. The highest BCUT2D eigenvalue weighted by molar-refractivity contribution is 5.90. The fourth-order valence-corrected chi connectivity index (χ4v) is 3.02. The molecule has 168 valence electrons. The second-order valence-corrected chi connectivity index (χ2v) is 7.23. The van der Waals surface area contributed by atoms with Gasteiger partial charge >= 0.3 is 11.9 Å². The minimum absolute atomic E-state index is 0.0349. The lowest BCUT2D eigenvalue weighted by Gasteiger charge is -2.21. The van der Waals surface area contributed by atoms with Gasteiger partial charge in [-0.15, -0.1) is 0 Å². The van der Waals surface area contributed by atoms with Crippen molar-refractivity contribution in [3.8, 4) is 0 Å². The van der Waals surface area contributed by atoms with Gasteiger partial charge in [-0.25, -0.2) is 9.59 Å². The Hall–Kier alpha value is -1.89. The van der Waals surface area contributed by atoms with Gasteiger partial charge in [-0.3, -0.25) is 4.79 Å². The van der Waals surface area contributed by atoms with E-state index in [-0.39, 0.29) is 32.2 Å². The van der Waals surface area contributed by atoms with Crippen LogP contribution in [0, 0.1) is 0 Å². The van der Waals surface area contributed by atoms with Gasteiger partial charge in [0.2, 0.25) is 5.91 Å². The predicted octanol–water partition coefficient (Wildman–Crippen LogP) is 3.69. The quantitative estimate of drug-likeness (QED) is 0.190. The highest BCUT2D eigenvalue weighted by Crippen LogP contribution is 2.12. The number of amides is 1. The normalized spacial score (nSPS) is 11.0. The number of carbonyl (C=O) groups excluding carboxylic acids is 2. The molecule has 0 aromatic rings. The fraction of sp³-hybridized carbons (Fsp3) is 0.773. The number of carboxylic acids is 1. The van der Waals surface area contributed by atoms with E-state index in [1.54, 1.807) is 0 Å². The Morgan fingerprint density at radius 3 is 1.90 bits per heavy atom. The summed E-state index contributed by atoms with van der Waals surface area (Å²) in [4.78, 5) is 35.4. The zero-order valence-corrected chi connectivity index (χ0v) is 17.9. The summed E-state index contributed by atoms with van der Waals surface area (Å²) in [6.45, 7) is 2.42. The van der Waals surface area contributed by atoms with Gasteiger partial charge in [0.05, 0.1) is 13.2 Å². The van der Waals surface area contributed by atoms with Crippen LogP contribution in [0.15, 0.2) is 12.2 Å². The third kappa shape index (κ3) is 17.9. The van der Waals surface area contributed by atoms with E-state index in [2.05, 4.69) is 6.92 Å². The summed E-state index contributed by atoms with van der Waals surface area (Å²) < 4.78 is 4.87. The molecule has 0 aromatic heterocycles. The topological polar surface area (TPSA) is 104 Å². The lowest BCUT2D eigenvalue weighted by atomic mass is 10.1. The van der Waals surface area contributed by atoms with Gasteiger partial charge in [0.1, 0.15) is 6.61 Å². The van der Waals surface area contributed by atoms with Crippen LogP contribution in [0.25, 0.3) is 0 Å². The van der Waals surface area contributed by atoms with Gasteiger partial charge in [-0.1, -0.05) is 71.1 Å². The van der Waals surface area contributed by atoms with Crippen LogP contribution in [0.4, 0.5) is 0 Å². The third-order valence-electron chi connectivity index (χ3n) is 4.68. The van der Waals surface area contributed by atoms with Crippen LogP contribution in [-0.2, 0) is 19.1 Å². The SMILES string of the molecule is CCCCCCCCCCCCCC(=O)N(CCO)CCOC(=O)/C=C/C(=O)O. The average molecular weight is 414 g/mol. The molecule has 0 saturated heterocycles. The van der Waals surface area contributed by atoms with Gasteiger partial charge in [0, 0.05) is 25.1 Å². The van der Waals surface area contributed by atoms with Crippen LogP contribution >= 0.6 is 0 Å². The number of unbranched alkanes of at least 4 members (excludes halogenated alkanes) is 10. The molecule has 0 heterocycles. The number of aliphatic hydroxyl groups excluding tert-OH is 1. The number of aliphatic carboxylic acids is 1. The molecule has 0 aliphatic heterocycles. The third-order valence-corrected chi connectivity index (χ3v) is 4.68. The summed E-state index contributed by atoms with van der Waals surface area (Å²) >= 11 is 0. The molecule has 0 aliphatic rings. The minimum Gasteiger partial charge on any atom is -0.478 e. The van der Waals surface area contributed by atoms with Crippen molar-refractivity contribution in [3.63, 3.8) is 0 Å². The van der Waals surface area contributed by atoms with E-state index in [0.29, 0.717) is 12.5 Å². The number of carbonyl (C=O) groups is 3. The van der Waals surface area contributed by atoms with E-state index in [9.17, 15) is 14.4 Å². The molecule has 0 bridgehead atoms. The Morgan fingerprint density at radius 1 is 0.828 bits per heavy atom. The Labute approximate surface area is 175 Å². The van der Waals surface area contributed by atoms with Crippen LogP contribution in [0.1, 0.15) is 84.0 Å². The van der Waals surface area contributed by atoms with Crippen molar-refractivity contribution < 1.29 is 29.3 Å². The lowest BCUT2D eigenvalue weighted by molar-refractivity contribution is -0.141. The monoisotopic (exact) mass is 413 g/mol. The first-order valence-electron chi connectivity index (χ1n) is 11.0. The molecule has 0 saturated carbocycles. The molecule has 2 N–H and O–H groups in total. The zero-order valence-electron chi connectivity index (χ0n) is 17.9. The second kappa shape index (κ2) is 19.4. The molecule has 0 unspecified atom stereocenters. The van der Waals surface area contributed by atoms with Crippen LogP contribution < -0.4 is 0 Å². The van der Waals surface area contributed by atoms with Crippen molar-refractivity contribution in [2.45, 2.75) is 84.0 Å². The van der Waals surface area contributed by atoms with Crippen molar-refractivity contribution >= 4 is 17.8 Å². The Morgan fingerprint density at radius 2 is 1.38 bits per heavy atom. The van der Waals surface area contributed by atoms with Crippen LogP contribution in [0.2, 0.25) is 0 Å². The smallest absolute Gasteiger partial charge is 0.331 e. The van der Waals surface area contributed by atoms with E-state index in [1.807, 2.05) is 0 Å². The van der Waals surface area contributed by atoms with Gasteiger partial charge in [0.15, 0.2) is 0 Å². The van der Waals surface area contributed by atoms with Gasteiger partial charge < -0.3 is 19.8 Å². The molecule has 0 radical (unpaired) electrons. The van der Waals surface area contributed by atoms with Crippen molar-refractivity contribution in [1.29, 1.82) is 0 Å². The van der Waals surface area contributed by atoms with Gasteiger partial charge in [-0.2, -0.15) is 0 Å². The fourth-order valence-electron chi connectivity index (χ4n) is 3.02. The van der Waals surface area contributed by atoms with E-state index < -0.39 is 11.9 Å². The van der Waals surface area contributed by atoms with E-state index >= 15 is 0 Å². The zero-order chi connectivity index (χ0) is 21.7. The molecule has 0 rings (SSSR count). The van der Waals surface area contributed by atoms with Crippen molar-refractivity contribution in [2.24, 2.45) is 0 Å². The maximum Gasteiger partial charge on any atom is 0.331 e. The summed E-state index contributed by atoms with van der Waals surface area (Å²) in [5.74, 6) is -2.06. The first kappa shape index (κ1) is 27.1. The number of rotatable bonds is 19. The number of ether oxygens (including phenoxy) is 1. The van der Waals surface area contributed by atoms with Gasteiger partial charge in [0.25, 0.3) is 0 Å².